The topological polar surface area (TPSA) is 86.6 Å². The van der Waals surface area contributed by atoms with Crippen LogP contribution in [0.25, 0.3) is 0 Å². The van der Waals surface area contributed by atoms with Crippen LogP contribution in [0.1, 0.15) is 34.2 Å². The van der Waals surface area contributed by atoms with E-state index < -0.39 is 24.5 Å². The number of esters is 2. The normalized spacial score (nSPS) is 10.5. The van der Waals surface area contributed by atoms with Gasteiger partial charge in [0.05, 0.1) is 22.9 Å². The van der Waals surface area contributed by atoms with Crippen molar-refractivity contribution in [3.05, 3.63) is 51.8 Å². The maximum atomic E-state index is 12.1. The summed E-state index contributed by atoms with van der Waals surface area (Å²) in [6, 6.07) is 6.88. The van der Waals surface area contributed by atoms with Crippen LogP contribution < -0.4 is 5.32 Å². The van der Waals surface area contributed by atoms with Gasteiger partial charge in [-0.3, -0.25) is 9.59 Å². The summed E-state index contributed by atoms with van der Waals surface area (Å²) >= 11 is 6.07. The monoisotopic (exact) mass is 406 g/mol. The largest absolute Gasteiger partial charge is 0.462 e. The zero-order chi connectivity index (χ0) is 20.8. The number of halogens is 1. The Morgan fingerprint density at radius 2 is 1.82 bits per heavy atom. The zero-order valence-corrected chi connectivity index (χ0v) is 17.1. The minimum absolute atomic E-state index is 0.115. The van der Waals surface area contributed by atoms with Crippen molar-refractivity contribution >= 4 is 35.1 Å². The highest BCUT2D eigenvalue weighted by molar-refractivity contribution is 6.33. The Hall–Kier alpha value is -2.80. The van der Waals surface area contributed by atoms with Crippen molar-refractivity contribution in [2.75, 3.05) is 18.5 Å². The molecule has 1 heterocycles. The van der Waals surface area contributed by atoms with Crippen molar-refractivity contribution in [2.45, 2.75) is 34.2 Å². The van der Waals surface area contributed by atoms with E-state index in [0.29, 0.717) is 27.7 Å². The Kier molecular flexibility index (Phi) is 7.23. The molecule has 1 aromatic heterocycles. The quantitative estimate of drug-likeness (QED) is 0.712. The van der Waals surface area contributed by atoms with E-state index in [1.54, 1.807) is 43.5 Å². The van der Waals surface area contributed by atoms with Crippen LogP contribution in [0.5, 0.6) is 0 Å². The van der Waals surface area contributed by atoms with E-state index in [2.05, 4.69) is 5.32 Å². The first-order valence-corrected chi connectivity index (χ1v) is 9.16. The summed E-state index contributed by atoms with van der Waals surface area (Å²) in [6.45, 7) is 6.82. The molecule has 2 aromatic rings. The predicted molar refractivity (Wildman–Crippen MR) is 106 cm³/mol. The molecule has 0 unspecified atom stereocenters. The number of hydrogen-bond acceptors (Lipinski definition) is 5. The second-order valence-electron chi connectivity index (χ2n) is 6.28. The molecule has 8 heteroatoms. The molecular formula is C20H23ClN2O5. The zero-order valence-electron chi connectivity index (χ0n) is 16.3. The van der Waals surface area contributed by atoms with Gasteiger partial charge in [0.2, 0.25) is 0 Å². The summed E-state index contributed by atoms with van der Waals surface area (Å²) < 4.78 is 11.7. The Morgan fingerprint density at radius 1 is 1.11 bits per heavy atom. The Morgan fingerprint density at radius 3 is 2.46 bits per heavy atom. The second kappa shape index (κ2) is 9.41. The van der Waals surface area contributed by atoms with E-state index in [1.165, 1.54) is 0 Å². The van der Waals surface area contributed by atoms with E-state index >= 15 is 0 Å². The van der Waals surface area contributed by atoms with Crippen molar-refractivity contribution in [2.24, 2.45) is 0 Å². The second-order valence-corrected chi connectivity index (χ2v) is 6.69. The van der Waals surface area contributed by atoms with Crippen LogP contribution in [0.4, 0.5) is 5.69 Å². The van der Waals surface area contributed by atoms with Crippen molar-refractivity contribution < 1.29 is 23.9 Å². The molecule has 0 bridgehead atoms. The van der Waals surface area contributed by atoms with Crippen LogP contribution in [0.2, 0.25) is 5.02 Å². The fraction of sp³-hybridized carbons (Fsp3) is 0.350. The van der Waals surface area contributed by atoms with Gasteiger partial charge >= 0.3 is 11.9 Å². The van der Waals surface area contributed by atoms with Gasteiger partial charge in [-0.1, -0.05) is 17.7 Å². The SMILES string of the molecule is CCOC(=O)c1cc(C)n(CC(=O)OCC(=O)Nc2ccc(C)cc2Cl)c1C. The molecule has 0 fully saturated rings. The summed E-state index contributed by atoms with van der Waals surface area (Å²) in [5.74, 6) is -1.53. The predicted octanol–water partition coefficient (Wildman–Crippen LogP) is 3.43. The number of amides is 1. The van der Waals surface area contributed by atoms with Crippen molar-refractivity contribution in [3.63, 3.8) is 0 Å². The summed E-state index contributed by atoms with van der Waals surface area (Å²) in [5, 5.41) is 3.00. The standard InChI is InChI=1S/C20H23ClN2O5/c1-5-27-20(26)15-9-13(3)23(14(15)4)10-19(25)28-11-18(24)22-17-7-6-12(2)8-16(17)21/h6-9H,5,10-11H2,1-4H3,(H,22,24). The van der Waals surface area contributed by atoms with Crippen molar-refractivity contribution in [3.8, 4) is 0 Å². The first kappa shape index (κ1) is 21.5. The van der Waals surface area contributed by atoms with E-state index in [4.69, 9.17) is 21.1 Å². The van der Waals surface area contributed by atoms with E-state index in [9.17, 15) is 14.4 Å². The first-order valence-electron chi connectivity index (χ1n) is 8.78. The number of carbonyl (C=O) groups excluding carboxylic acids is 3. The van der Waals surface area contributed by atoms with Gasteiger partial charge in [-0.05, 0) is 51.5 Å². The number of aryl methyl sites for hydroxylation is 2. The number of carbonyl (C=O) groups is 3. The Bertz CT molecular complexity index is 904. The number of aromatic nitrogens is 1. The molecule has 1 amide bonds. The summed E-state index contributed by atoms with van der Waals surface area (Å²) in [5.41, 5.74) is 3.13. The van der Waals surface area contributed by atoms with Crippen molar-refractivity contribution in [1.82, 2.24) is 4.57 Å². The first-order chi connectivity index (χ1) is 13.2. The van der Waals surface area contributed by atoms with E-state index in [-0.39, 0.29) is 13.2 Å². The van der Waals surface area contributed by atoms with Crippen LogP contribution in [-0.2, 0) is 25.6 Å². The average Bonchev–Trinajstić information content (AvgIpc) is 2.91. The van der Waals surface area contributed by atoms with Crippen LogP contribution in [-0.4, -0.2) is 35.6 Å². The maximum absolute atomic E-state index is 12.1. The number of benzene rings is 1. The molecule has 0 saturated heterocycles. The molecule has 1 N–H and O–H groups in total. The number of ether oxygens (including phenoxy) is 2. The van der Waals surface area contributed by atoms with Gasteiger partial charge in [-0.2, -0.15) is 0 Å². The summed E-state index contributed by atoms with van der Waals surface area (Å²) in [4.78, 5) is 36.1. The number of nitrogens with one attached hydrogen (secondary N) is 1. The third-order valence-electron chi connectivity index (χ3n) is 4.12. The lowest BCUT2D eigenvalue weighted by Crippen LogP contribution is -2.23. The summed E-state index contributed by atoms with van der Waals surface area (Å²) in [6.07, 6.45) is 0. The average molecular weight is 407 g/mol. The lowest BCUT2D eigenvalue weighted by atomic mass is 10.2. The van der Waals surface area contributed by atoms with E-state index in [1.807, 2.05) is 13.0 Å². The third-order valence-corrected chi connectivity index (χ3v) is 4.43. The number of hydrogen-bond donors (Lipinski definition) is 1. The third kappa shape index (κ3) is 5.36. The molecule has 28 heavy (non-hydrogen) atoms. The molecule has 7 nitrogen and oxygen atoms in total. The van der Waals surface area contributed by atoms with Gasteiger partial charge in [0.25, 0.3) is 5.91 Å². The number of rotatable bonds is 7. The Balaban J connectivity index is 1.93. The maximum Gasteiger partial charge on any atom is 0.339 e. The van der Waals surface area contributed by atoms with Gasteiger partial charge in [0.1, 0.15) is 6.54 Å². The molecule has 0 aliphatic carbocycles. The van der Waals surface area contributed by atoms with Gasteiger partial charge < -0.3 is 19.4 Å². The molecule has 0 atom stereocenters. The Labute approximate surface area is 168 Å². The van der Waals surface area contributed by atoms with Crippen LogP contribution in [0.15, 0.2) is 24.3 Å². The highest BCUT2D eigenvalue weighted by Crippen LogP contribution is 2.22. The molecule has 0 aliphatic heterocycles. The summed E-state index contributed by atoms with van der Waals surface area (Å²) in [7, 11) is 0. The van der Waals surface area contributed by atoms with Gasteiger partial charge in [0.15, 0.2) is 6.61 Å². The lowest BCUT2D eigenvalue weighted by molar-refractivity contribution is -0.147. The van der Waals surface area contributed by atoms with Gasteiger partial charge in [-0.15, -0.1) is 0 Å². The molecule has 1 aromatic carbocycles. The molecule has 2 rings (SSSR count). The van der Waals surface area contributed by atoms with E-state index in [0.717, 1.165) is 5.56 Å². The fourth-order valence-corrected chi connectivity index (χ4v) is 2.97. The van der Waals surface area contributed by atoms with Gasteiger partial charge in [0, 0.05) is 11.4 Å². The minimum Gasteiger partial charge on any atom is -0.462 e. The molecule has 0 aliphatic rings. The van der Waals surface area contributed by atoms with Crippen LogP contribution >= 0.6 is 11.6 Å². The minimum atomic E-state index is -0.595. The van der Waals surface area contributed by atoms with Crippen LogP contribution in [0.3, 0.4) is 0 Å². The molecule has 150 valence electrons. The smallest absolute Gasteiger partial charge is 0.339 e. The number of nitrogens with zero attached hydrogens (tertiary/aromatic N) is 1. The fourth-order valence-electron chi connectivity index (χ4n) is 2.69. The van der Waals surface area contributed by atoms with Crippen LogP contribution in [0, 0.1) is 20.8 Å². The highest BCUT2D eigenvalue weighted by Gasteiger charge is 2.19. The highest BCUT2D eigenvalue weighted by atomic mass is 35.5. The molecule has 0 spiro atoms. The molecule has 0 radical (unpaired) electrons. The van der Waals surface area contributed by atoms with Gasteiger partial charge in [-0.25, -0.2) is 4.79 Å². The number of anilines is 1. The van der Waals surface area contributed by atoms with Crippen molar-refractivity contribution in [1.29, 1.82) is 0 Å². The molecule has 0 saturated carbocycles. The lowest BCUT2D eigenvalue weighted by Gasteiger charge is -2.11. The molecular weight excluding hydrogens is 384 g/mol.